The fourth-order valence-corrected chi connectivity index (χ4v) is 2.53. The minimum absolute atomic E-state index is 0.219. The van der Waals surface area contributed by atoms with E-state index in [0.717, 1.165) is 21.3 Å². The van der Waals surface area contributed by atoms with Gasteiger partial charge in [-0.2, -0.15) is 0 Å². The molecule has 0 atom stereocenters. The number of aliphatic imine (C=N–C) groups is 1. The summed E-state index contributed by atoms with van der Waals surface area (Å²) in [4.78, 5) is 15.3. The highest BCUT2D eigenvalue weighted by molar-refractivity contribution is 9.10. The highest BCUT2D eigenvalue weighted by Crippen LogP contribution is 2.17. The van der Waals surface area contributed by atoms with Crippen LogP contribution in [-0.4, -0.2) is 17.3 Å². The number of benzene rings is 3. The van der Waals surface area contributed by atoms with Crippen LogP contribution in [0, 0.1) is 0 Å². The van der Waals surface area contributed by atoms with Crippen LogP contribution in [0.5, 0.6) is 5.75 Å². The van der Waals surface area contributed by atoms with Crippen molar-refractivity contribution in [2.24, 2.45) is 4.99 Å². The molecule has 0 radical (unpaired) electrons. The third kappa shape index (κ3) is 5.04. The van der Waals surface area contributed by atoms with Crippen molar-refractivity contribution in [2.75, 3.05) is 0 Å². The number of carboxylic acid groups (broad SMARTS) is 1. The van der Waals surface area contributed by atoms with Crippen molar-refractivity contribution in [2.45, 2.75) is 6.61 Å². The highest BCUT2D eigenvalue weighted by Gasteiger charge is 2.02. The van der Waals surface area contributed by atoms with Gasteiger partial charge < -0.3 is 9.84 Å². The molecule has 0 fully saturated rings. The second-order valence-corrected chi connectivity index (χ2v) is 6.51. The number of nitrogens with zero attached hydrogens (tertiary/aromatic N) is 1. The molecule has 0 heterocycles. The van der Waals surface area contributed by atoms with Crippen LogP contribution in [0.15, 0.2) is 82.3 Å². The molecule has 0 amide bonds. The molecule has 0 aliphatic carbocycles. The lowest BCUT2D eigenvalue weighted by molar-refractivity contribution is 0.0697. The van der Waals surface area contributed by atoms with E-state index >= 15 is 0 Å². The average molecular weight is 410 g/mol. The van der Waals surface area contributed by atoms with Crippen LogP contribution in [0.4, 0.5) is 5.69 Å². The summed E-state index contributed by atoms with van der Waals surface area (Å²) in [6, 6.07) is 22.1. The molecule has 4 nitrogen and oxygen atoms in total. The monoisotopic (exact) mass is 409 g/mol. The predicted molar refractivity (Wildman–Crippen MR) is 106 cm³/mol. The Hall–Kier alpha value is -2.92. The Balaban J connectivity index is 1.61. The maximum Gasteiger partial charge on any atom is 0.335 e. The molecule has 0 aromatic heterocycles. The zero-order valence-electron chi connectivity index (χ0n) is 13.8. The van der Waals surface area contributed by atoms with Gasteiger partial charge in [-0.3, -0.25) is 4.99 Å². The Morgan fingerprint density at radius 3 is 2.46 bits per heavy atom. The largest absolute Gasteiger partial charge is 0.489 e. The van der Waals surface area contributed by atoms with Gasteiger partial charge in [0.1, 0.15) is 12.4 Å². The molecule has 26 heavy (non-hydrogen) atoms. The molecule has 0 saturated heterocycles. The lowest BCUT2D eigenvalue weighted by atomic mass is 10.2. The first-order valence-electron chi connectivity index (χ1n) is 7.95. The molecular weight excluding hydrogens is 394 g/mol. The number of aromatic carboxylic acids is 1. The first kappa shape index (κ1) is 17.9. The lowest BCUT2D eigenvalue weighted by Crippen LogP contribution is -1.95. The summed E-state index contributed by atoms with van der Waals surface area (Å²) in [7, 11) is 0. The molecule has 3 aromatic carbocycles. The maximum atomic E-state index is 11.0. The number of halogens is 1. The van der Waals surface area contributed by atoms with E-state index in [4.69, 9.17) is 9.84 Å². The quantitative estimate of drug-likeness (QED) is 0.548. The third-order valence-corrected chi connectivity index (χ3v) is 4.18. The van der Waals surface area contributed by atoms with Gasteiger partial charge in [-0.15, -0.1) is 0 Å². The van der Waals surface area contributed by atoms with E-state index < -0.39 is 5.97 Å². The fraction of sp³-hybridized carbons (Fsp3) is 0.0476. The third-order valence-electron chi connectivity index (χ3n) is 3.65. The van der Waals surface area contributed by atoms with Gasteiger partial charge in [-0.05, 0) is 65.7 Å². The van der Waals surface area contributed by atoms with Crippen molar-refractivity contribution in [1.29, 1.82) is 0 Å². The van der Waals surface area contributed by atoms with Crippen molar-refractivity contribution >= 4 is 33.8 Å². The Labute approximate surface area is 159 Å². The molecule has 0 aliphatic heterocycles. The van der Waals surface area contributed by atoms with Gasteiger partial charge in [0.15, 0.2) is 0 Å². The van der Waals surface area contributed by atoms with E-state index in [0.29, 0.717) is 12.3 Å². The molecule has 130 valence electrons. The van der Waals surface area contributed by atoms with Gasteiger partial charge in [0.05, 0.1) is 11.3 Å². The molecule has 3 aromatic rings. The molecule has 0 bridgehead atoms. The number of hydrogen-bond donors (Lipinski definition) is 1. The number of carbonyl (C=O) groups is 1. The fourth-order valence-electron chi connectivity index (χ4n) is 2.27. The molecule has 3 rings (SSSR count). The van der Waals surface area contributed by atoms with Crippen LogP contribution in [-0.2, 0) is 6.61 Å². The summed E-state index contributed by atoms with van der Waals surface area (Å²) >= 11 is 3.41. The van der Waals surface area contributed by atoms with Crippen LogP contribution < -0.4 is 4.74 Å². The first-order valence-corrected chi connectivity index (χ1v) is 8.74. The number of rotatable bonds is 6. The van der Waals surface area contributed by atoms with Crippen LogP contribution in [0.2, 0.25) is 0 Å². The van der Waals surface area contributed by atoms with Crippen molar-refractivity contribution in [3.05, 3.63) is 94.0 Å². The first-order chi connectivity index (χ1) is 12.6. The van der Waals surface area contributed by atoms with E-state index in [2.05, 4.69) is 20.9 Å². The molecule has 0 saturated carbocycles. The topological polar surface area (TPSA) is 58.9 Å². The Kier molecular flexibility index (Phi) is 5.81. The molecule has 0 unspecified atom stereocenters. The molecule has 1 N–H and O–H groups in total. The van der Waals surface area contributed by atoms with Crippen LogP contribution in [0.3, 0.4) is 0 Å². The second-order valence-electron chi connectivity index (χ2n) is 5.60. The summed E-state index contributed by atoms with van der Waals surface area (Å²) in [6.45, 7) is 0.503. The van der Waals surface area contributed by atoms with Crippen molar-refractivity contribution < 1.29 is 14.6 Å². The molecular formula is C21H16BrNO3. The zero-order chi connectivity index (χ0) is 18.4. The van der Waals surface area contributed by atoms with Gasteiger partial charge in [0.2, 0.25) is 0 Å². The molecule has 5 heteroatoms. The van der Waals surface area contributed by atoms with E-state index in [1.807, 2.05) is 48.5 Å². The predicted octanol–water partition coefficient (Wildman–Crippen LogP) is 5.48. The zero-order valence-corrected chi connectivity index (χ0v) is 15.4. The van der Waals surface area contributed by atoms with Crippen LogP contribution >= 0.6 is 15.9 Å². The normalized spacial score (nSPS) is 10.8. The standard InChI is InChI=1S/C21H16BrNO3/c22-18-8-4-16(5-9-18)14-26-20-10-6-15(7-11-20)13-23-19-3-1-2-17(12-19)21(24)25/h1-13H,14H2,(H,24,25). The summed E-state index contributed by atoms with van der Waals surface area (Å²) < 4.78 is 6.81. The number of carboxylic acids is 1. The smallest absolute Gasteiger partial charge is 0.335 e. The maximum absolute atomic E-state index is 11.0. The lowest BCUT2D eigenvalue weighted by Gasteiger charge is -2.06. The van der Waals surface area contributed by atoms with Gasteiger partial charge >= 0.3 is 5.97 Å². The highest BCUT2D eigenvalue weighted by atomic mass is 79.9. The SMILES string of the molecule is O=C(O)c1cccc(N=Cc2ccc(OCc3ccc(Br)cc3)cc2)c1. The van der Waals surface area contributed by atoms with Gasteiger partial charge in [-0.25, -0.2) is 4.79 Å². The number of hydrogen-bond acceptors (Lipinski definition) is 3. The summed E-state index contributed by atoms with van der Waals surface area (Å²) in [6.07, 6.45) is 1.69. The Morgan fingerprint density at radius 1 is 1.04 bits per heavy atom. The molecule has 0 spiro atoms. The van der Waals surface area contributed by atoms with E-state index in [1.165, 1.54) is 6.07 Å². The van der Waals surface area contributed by atoms with Crippen molar-refractivity contribution in [3.63, 3.8) is 0 Å². The summed E-state index contributed by atoms with van der Waals surface area (Å²) in [5, 5.41) is 9.00. The van der Waals surface area contributed by atoms with E-state index in [-0.39, 0.29) is 5.56 Å². The minimum Gasteiger partial charge on any atom is -0.489 e. The molecule has 0 aliphatic rings. The van der Waals surface area contributed by atoms with E-state index in [9.17, 15) is 4.79 Å². The minimum atomic E-state index is -0.964. The number of ether oxygens (including phenoxy) is 1. The average Bonchev–Trinajstić information content (AvgIpc) is 2.67. The van der Waals surface area contributed by atoms with Crippen LogP contribution in [0.1, 0.15) is 21.5 Å². The van der Waals surface area contributed by atoms with Gasteiger partial charge in [0, 0.05) is 10.7 Å². The van der Waals surface area contributed by atoms with Crippen molar-refractivity contribution in [1.82, 2.24) is 0 Å². The summed E-state index contributed by atoms with van der Waals surface area (Å²) in [5.41, 5.74) is 2.82. The van der Waals surface area contributed by atoms with Gasteiger partial charge in [-0.1, -0.05) is 34.1 Å². The van der Waals surface area contributed by atoms with Crippen LogP contribution in [0.25, 0.3) is 0 Å². The van der Waals surface area contributed by atoms with E-state index in [1.54, 1.807) is 24.4 Å². The van der Waals surface area contributed by atoms with Gasteiger partial charge in [0.25, 0.3) is 0 Å². The summed E-state index contributed by atoms with van der Waals surface area (Å²) in [5.74, 6) is -0.188. The second kappa shape index (κ2) is 8.45. The Bertz CT molecular complexity index is 919. The van der Waals surface area contributed by atoms with Crippen molar-refractivity contribution in [3.8, 4) is 5.75 Å². The Morgan fingerprint density at radius 2 is 1.77 bits per heavy atom.